The van der Waals surface area contributed by atoms with Gasteiger partial charge < -0.3 is 20.9 Å². The van der Waals surface area contributed by atoms with E-state index in [1.807, 2.05) is 13.1 Å². The summed E-state index contributed by atoms with van der Waals surface area (Å²) < 4.78 is 0. The predicted molar refractivity (Wildman–Crippen MR) is 101 cm³/mol. The lowest BCUT2D eigenvalue weighted by atomic mass is 9.70. The lowest BCUT2D eigenvalue weighted by molar-refractivity contribution is 0.196. The molecule has 26 heavy (non-hydrogen) atoms. The standard InChI is InChI=1S/C18H28N8/c1-20-11-18-8-14(9-18)26(12-18)17-21-7-6-15(24-17)23-16(25-19)10-22-13-4-2-3-5-13/h6-7,10,13-14,19-20,22H,2-5,8-9,11-12H2,1H3,(H,21,23,24)/b16-10-,25-19?. The van der Waals surface area contributed by atoms with E-state index in [9.17, 15) is 0 Å². The molecule has 3 heterocycles. The smallest absolute Gasteiger partial charge is 0.227 e. The number of anilines is 2. The summed E-state index contributed by atoms with van der Waals surface area (Å²) in [5.41, 5.74) is 7.80. The first kappa shape index (κ1) is 17.2. The van der Waals surface area contributed by atoms with Gasteiger partial charge in [-0.2, -0.15) is 4.98 Å². The van der Waals surface area contributed by atoms with Gasteiger partial charge in [0.15, 0.2) is 5.82 Å². The van der Waals surface area contributed by atoms with Crippen molar-refractivity contribution in [3.8, 4) is 0 Å². The zero-order valence-electron chi connectivity index (χ0n) is 15.3. The van der Waals surface area contributed by atoms with Crippen molar-refractivity contribution in [1.82, 2.24) is 20.6 Å². The zero-order chi connectivity index (χ0) is 18.0. The van der Waals surface area contributed by atoms with Gasteiger partial charge in [0.2, 0.25) is 5.95 Å². The Balaban J connectivity index is 1.41. The lowest BCUT2D eigenvalue weighted by Gasteiger charge is -2.36. The van der Waals surface area contributed by atoms with Gasteiger partial charge in [0, 0.05) is 43.0 Å². The molecule has 1 aromatic heterocycles. The van der Waals surface area contributed by atoms with Crippen LogP contribution in [-0.4, -0.2) is 42.2 Å². The number of nitrogens with zero attached hydrogens (tertiary/aromatic N) is 4. The van der Waals surface area contributed by atoms with Crippen molar-refractivity contribution in [2.24, 2.45) is 10.5 Å². The molecule has 0 spiro atoms. The van der Waals surface area contributed by atoms with Gasteiger partial charge in [-0.15, -0.1) is 5.11 Å². The molecular formula is C18H28N8. The number of hydrogen-bond donors (Lipinski definition) is 4. The second-order valence-electron chi connectivity index (χ2n) is 7.88. The average Bonchev–Trinajstić information content (AvgIpc) is 3.34. The van der Waals surface area contributed by atoms with Gasteiger partial charge in [-0.25, -0.2) is 10.5 Å². The molecule has 140 valence electrons. The zero-order valence-corrected chi connectivity index (χ0v) is 15.3. The summed E-state index contributed by atoms with van der Waals surface area (Å²) in [6.45, 7) is 2.06. The highest BCUT2D eigenvalue weighted by molar-refractivity contribution is 5.48. The molecule has 0 unspecified atom stereocenters. The predicted octanol–water partition coefficient (Wildman–Crippen LogP) is 2.44. The van der Waals surface area contributed by atoms with E-state index in [4.69, 9.17) is 5.53 Å². The Morgan fingerprint density at radius 1 is 1.42 bits per heavy atom. The van der Waals surface area contributed by atoms with Crippen LogP contribution < -0.4 is 20.9 Å². The fourth-order valence-corrected chi connectivity index (χ4v) is 4.66. The number of fused-ring (bicyclic) bond motifs is 1. The third kappa shape index (κ3) is 3.38. The molecule has 1 aromatic rings. The minimum absolute atomic E-state index is 0.388. The fourth-order valence-electron chi connectivity index (χ4n) is 4.66. The van der Waals surface area contributed by atoms with E-state index in [1.165, 1.54) is 38.5 Å². The SMILES string of the molecule is CNCC12CC(C1)N(c1nccc(N/C(=C/NC3CCCC3)N=N)n1)C2. The van der Waals surface area contributed by atoms with Crippen LogP contribution in [-0.2, 0) is 0 Å². The van der Waals surface area contributed by atoms with E-state index < -0.39 is 0 Å². The molecule has 4 N–H and O–H groups in total. The molecule has 4 aliphatic rings. The highest BCUT2D eigenvalue weighted by atomic mass is 15.3. The molecule has 2 saturated carbocycles. The van der Waals surface area contributed by atoms with Crippen LogP contribution in [0.1, 0.15) is 38.5 Å². The van der Waals surface area contributed by atoms with Gasteiger partial charge in [-0.3, -0.25) is 0 Å². The number of aromatic nitrogens is 2. The van der Waals surface area contributed by atoms with Crippen LogP contribution >= 0.6 is 0 Å². The van der Waals surface area contributed by atoms with Crippen LogP contribution in [0.3, 0.4) is 0 Å². The molecule has 0 radical (unpaired) electrons. The van der Waals surface area contributed by atoms with Crippen LogP contribution in [0, 0.1) is 10.9 Å². The Hall–Kier alpha value is -2.22. The second kappa shape index (κ2) is 7.19. The molecule has 8 heteroatoms. The van der Waals surface area contributed by atoms with Crippen LogP contribution in [0.15, 0.2) is 29.4 Å². The number of nitrogens with one attached hydrogen (secondary N) is 4. The van der Waals surface area contributed by atoms with Gasteiger partial charge in [0.25, 0.3) is 0 Å². The molecular weight excluding hydrogens is 328 g/mol. The number of hydrogen-bond acceptors (Lipinski definition) is 8. The highest BCUT2D eigenvalue weighted by Crippen LogP contribution is 2.52. The Bertz CT molecular complexity index is 676. The molecule has 0 atom stereocenters. The molecule has 2 bridgehead atoms. The van der Waals surface area contributed by atoms with Gasteiger partial charge >= 0.3 is 0 Å². The summed E-state index contributed by atoms with van der Waals surface area (Å²) in [4.78, 5) is 11.5. The Morgan fingerprint density at radius 3 is 2.96 bits per heavy atom. The van der Waals surface area contributed by atoms with Crippen molar-refractivity contribution in [3.63, 3.8) is 0 Å². The maximum atomic E-state index is 7.41. The summed E-state index contributed by atoms with van der Waals surface area (Å²) in [6.07, 6.45) is 10.9. The van der Waals surface area contributed by atoms with Crippen LogP contribution in [0.25, 0.3) is 0 Å². The Kier molecular flexibility index (Phi) is 4.76. The molecule has 0 amide bonds. The van der Waals surface area contributed by atoms with E-state index in [-0.39, 0.29) is 0 Å². The van der Waals surface area contributed by atoms with E-state index in [2.05, 4.69) is 35.9 Å². The van der Waals surface area contributed by atoms with Crippen LogP contribution in [0.4, 0.5) is 11.8 Å². The van der Waals surface area contributed by atoms with Crippen molar-refractivity contribution in [3.05, 3.63) is 24.3 Å². The largest absolute Gasteiger partial charge is 0.385 e. The first-order valence-electron chi connectivity index (χ1n) is 9.56. The maximum Gasteiger partial charge on any atom is 0.227 e. The molecule has 2 saturated heterocycles. The highest BCUT2D eigenvalue weighted by Gasteiger charge is 2.55. The first-order valence-corrected chi connectivity index (χ1v) is 9.56. The minimum Gasteiger partial charge on any atom is -0.385 e. The summed E-state index contributed by atoms with van der Waals surface area (Å²) in [5.74, 6) is 1.92. The minimum atomic E-state index is 0.388. The summed E-state index contributed by atoms with van der Waals surface area (Å²) in [5, 5.41) is 13.4. The Morgan fingerprint density at radius 2 is 2.23 bits per heavy atom. The summed E-state index contributed by atoms with van der Waals surface area (Å²) >= 11 is 0. The van der Waals surface area contributed by atoms with Gasteiger partial charge in [-0.05, 0) is 38.8 Å². The summed E-state index contributed by atoms with van der Waals surface area (Å²) in [6, 6.07) is 2.87. The summed E-state index contributed by atoms with van der Waals surface area (Å²) in [7, 11) is 2.02. The monoisotopic (exact) mass is 356 g/mol. The lowest BCUT2D eigenvalue weighted by Crippen LogP contribution is -2.41. The van der Waals surface area contributed by atoms with E-state index >= 15 is 0 Å². The van der Waals surface area contributed by atoms with Crippen molar-refractivity contribution in [2.45, 2.75) is 50.6 Å². The van der Waals surface area contributed by atoms with Crippen LogP contribution in [0.5, 0.6) is 0 Å². The van der Waals surface area contributed by atoms with E-state index in [1.54, 1.807) is 12.4 Å². The van der Waals surface area contributed by atoms with Crippen molar-refractivity contribution in [1.29, 1.82) is 5.53 Å². The van der Waals surface area contributed by atoms with Crippen molar-refractivity contribution >= 4 is 11.8 Å². The molecule has 4 fully saturated rings. The third-order valence-electron chi connectivity index (χ3n) is 5.92. The fraction of sp³-hybridized carbons (Fsp3) is 0.667. The van der Waals surface area contributed by atoms with Gasteiger partial charge in [0.05, 0.1) is 0 Å². The van der Waals surface area contributed by atoms with Gasteiger partial charge in [0.1, 0.15) is 5.82 Å². The van der Waals surface area contributed by atoms with Crippen molar-refractivity contribution < 1.29 is 0 Å². The molecule has 2 aliphatic heterocycles. The molecule has 2 aliphatic carbocycles. The van der Waals surface area contributed by atoms with E-state index in [0.717, 1.165) is 19.0 Å². The topological polar surface area (TPSA) is 101 Å². The molecule has 5 rings (SSSR count). The van der Waals surface area contributed by atoms with Crippen molar-refractivity contribution in [2.75, 3.05) is 30.4 Å². The van der Waals surface area contributed by atoms with Crippen LogP contribution in [0.2, 0.25) is 0 Å². The third-order valence-corrected chi connectivity index (χ3v) is 5.92. The Labute approximate surface area is 154 Å². The average molecular weight is 356 g/mol. The van der Waals surface area contributed by atoms with Gasteiger partial charge in [-0.1, -0.05) is 12.8 Å². The first-order chi connectivity index (χ1) is 12.7. The normalized spacial score (nSPS) is 28.1. The maximum absolute atomic E-state index is 7.41. The van der Waals surface area contributed by atoms with E-state index in [0.29, 0.717) is 29.1 Å². The molecule has 8 nitrogen and oxygen atoms in total. The molecule has 0 aromatic carbocycles. The second-order valence-corrected chi connectivity index (χ2v) is 7.88. The number of rotatable bonds is 8. The quantitative estimate of drug-likeness (QED) is 0.534.